The molecule has 2 aromatic heterocycles. The lowest BCUT2D eigenvalue weighted by Gasteiger charge is -2.04. The van der Waals surface area contributed by atoms with Crippen LogP contribution in [0.5, 0.6) is 0 Å². The maximum atomic E-state index is 12.0. The number of amides is 1. The van der Waals surface area contributed by atoms with Crippen LogP contribution in [0.15, 0.2) is 35.1 Å². The third-order valence-corrected chi connectivity index (χ3v) is 3.51. The van der Waals surface area contributed by atoms with Crippen LogP contribution in [-0.4, -0.2) is 25.8 Å². The largest absolute Gasteiger partial charge is 0.341 e. The first-order valence-corrected chi connectivity index (χ1v) is 7.20. The molecule has 0 bridgehead atoms. The molecule has 0 radical (unpaired) electrons. The first kappa shape index (κ1) is 14.0. The summed E-state index contributed by atoms with van der Waals surface area (Å²) in [5.41, 5.74) is 1.84. The Kier molecular flexibility index (Phi) is 3.85. The summed E-state index contributed by atoms with van der Waals surface area (Å²) in [6, 6.07) is 7.52. The Morgan fingerprint density at radius 2 is 2.24 bits per heavy atom. The van der Waals surface area contributed by atoms with Crippen LogP contribution >= 0.6 is 27.5 Å². The number of aromatic amines is 1. The molecule has 0 unspecified atom stereocenters. The minimum atomic E-state index is -0.223. The lowest BCUT2D eigenvalue weighted by atomic mass is 10.1. The van der Waals surface area contributed by atoms with Crippen molar-refractivity contribution in [3.63, 3.8) is 0 Å². The Labute approximate surface area is 133 Å². The van der Waals surface area contributed by atoms with Gasteiger partial charge in [0.05, 0.1) is 12.7 Å². The molecule has 2 heterocycles. The fourth-order valence-electron chi connectivity index (χ4n) is 1.85. The van der Waals surface area contributed by atoms with Crippen LogP contribution in [0.25, 0.3) is 11.2 Å². The number of nitrogens with one attached hydrogen (secondary N) is 2. The van der Waals surface area contributed by atoms with Crippen molar-refractivity contribution in [2.24, 2.45) is 0 Å². The van der Waals surface area contributed by atoms with E-state index in [4.69, 9.17) is 11.6 Å². The van der Waals surface area contributed by atoms with E-state index in [1.807, 2.05) is 24.3 Å². The number of benzene rings is 1. The van der Waals surface area contributed by atoms with Crippen molar-refractivity contribution in [2.45, 2.75) is 6.42 Å². The highest BCUT2D eigenvalue weighted by Gasteiger charge is 2.11. The molecule has 0 saturated carbocycles. The molecule has 3 aromatic rings. The highest BCUT2D eigenvalue weighted by atomic mass is 79.9. The Morgan fingerprint density at radius 3 is 3.05 bits per heavy atom. The summed E-state index contributed by atoms with van der Waals surface area (Å²) in [5, 5.41) is 2.84. The topological polar surface area (TPSA) is 83.6 Å². The van der Waals surface area contributed by atoms with Crippen LogP contribution in [0.4, 0.5) is 5.95 Å². The number of rotatable bonds is 3. The smallest absolute Gasteiger partial charge is 0.233 e. The minimum absolute atomic E-state index is 0.139. The third-order valence-electron chi connectivity index (χ3n) is 2.75. The average molecular weight is 367 g/mol. The zero-order valence-corrected chi connectivity index (χ0v) is 12.9. The van der Waals surface area contributed by atoms with E-state index in [1.54, 1.807) is 0 Å². The lowest BCUT2D eigenvalue weighted by molar-refractivity contribution is -0.115. The number of H-pyrrole nitrogens is 1. The predicted octanol–water partition coefficient (Wildman–Crippen LogP) is 2.95. The van der Waals surface area contributed by atoms with Crippen LogP contribution in [0.3, 0.4) is 0 Å². The van der Waals surface area contributed by atoms with E-state index in [1.165, 1.54) is 6.33 Å². The monoisotopic (exact) mass is 365 g/mol. The Balaban J connectivity index is 1.77. The number of anilines is 1. The van der Waals surface area contributed by atoms with Crippen molar-refractivity contribution in [1.29, 1.82) is 0 Å². The van der Waals surface area contributed by atoms with E-state index in [0.717, 1.165) is 10.0 Å². The Morgan fingerprint density at radius 1 is 1.38 bits per heavy atom. The summed E-state index contributed by atoms with van der Waals surface area (Å²) in [5.74, 6) is -0.0846. The number of fused-ring (bicyclic) bond motifs is 1. The first-order valence-electron chi connectivity index (χ1n) is 6.03. The second kappa shape index (κ2) is 5.79. The fourth-order valence-corrected chi connectivity index (χ4v) is 2.52. The summed E-state index contributed by atoms with van der Waals surface area (Å²) < 4.78 is 0.921. The lowest BCUT2D eigenvalue weighted by Crippen LogP contribution is -2.16. The zero-order valence-electron chi connectivity index (χ0n) is 10.6. The summed E-state index contributed by atoms with van der Waals surface area (Å²) in [4.78, 5) is 27.0. The van der Waals surface area contributed by atoms with Crippen molar-refractivity contribution in [3.8, 4) is 0 Å². The molecular weight excluding hydrogens is 358 g/mol. The number of hydrogen-bond acceptors (Lipinski definition) is 4. The van der Waals surface area contributed by atoms with Crippen LogP contribution in [-0.2, 0) is 11.2 Å². The standard InChI is InChI=1S/C13H9BrClN5O/c14-8-3-1-2-7(4-8)5-9(21)18-13-19-11(15)10-12(20-13)17-6-16-10/h1-4,6H,5H2,(H2,16,17,18,19,20,21). The van der Waals surface area contributed by atoms with E-state index in [9.17, 15) is 4.79 Å². The maximum absolute atomic E-state index is 12.0. The molecule has 0 fully saturated rings. The first-order chi connectivity index (χ1) is 10.1. The zero-order chi connectivity index (χ0) is 14.8. The number of carbonyl (C=O) groups is 1. The second-order valence-corrected chi connectivity index (χ2v) is 5.57. The van der Waals surface area contributed by atoms with Gasteiger partial charge in [0.15, 0.2) is 10.8 Å². The molecule has 3 rings (SSSR count). The van der Waals surface area contributed by atoms with Gasteiger partial charge in [0.1, 0.15) is 5.52 Å². The molecule has 106 valence electrons. The Bertz CT molecular complexity index is 819. The van der Waals surface area contributed by atoms with Crippen molar-refractivity contribution in [2.75, 3.05) is 5.32 Å². The minimum Gasteiger partial charge on any atom is -0.341 e. The van der Waals surface area contributed by atoms with Gasteiger partial charge in [-0.25, -0.2) is 4.98 Å². The van der Waals surface area contributed by atoms with Gasteiger partial charge in [-0.3, -0.25) is 10.1 Å². The van der Waals surface area contributed by atoms with Crippen LogP contribution in [0.2, 0.25) is 5.15 Å². The van der Waals surface area contributed by atoms with Gasteiger partial charge in [-0.2, -0.15) is 9.97 Å². The highest BCUT2D eigenvalue weighted by Crippen LogP contribution is 2.18. The van der Waals surface area contributed by atoms with Crippen molar-refractivity contribution in [3.05, 3.63) is 45.8 Å². The number of carbonyl (C=O) groups excluding carboxylic acids is 1. The van der Waals surface area contributed by atoms with Crippen LogP contribution < -0.4 is 5.32 Å². The van der Waals surface area contributed by atoms with Gasteiger partial charge in [0.2, 0.25) is 11.9 Å². The Hall–Kier alpha value is -1.99. The van der Waals surface area contributed by atoms with Gasteiger partial charge >= 0.3 is 0 Å². The predicted molar refractivity (Wildman–Crippen MR) is 83.2 cm³/mol. The van der Waals surface area contributed by atoms with E-state index in [-0.39, 0.29) is 23.4 Å². The number of halogens is 2. The van der Waals surface area contributed by atoms with Gasteiger partial charge in [-0.1, -0.05) is 39.7 Å². The number of aromatic nitrogens is 4. The normalized spacial score (nSPS) is 10.8. The van der Waals surface area contributed by atoms with Gasteiger partial charge in [0, 0.05) is 4.47 Å². The molecule has 0 atom stereocenters. The van der Waals surface area contributed by atoms with Crippen LogP contribution in [0.1, 0.15) is 5.56 Å². The second-order valence-electron chi connectivity index (χ2n) is 4.29. The summed E-state index contributed by atoms with van der Waals surface area (Å²) in [6.45, 7) is 0. The molecule has 0 aliphatic carbocycles. The molecule has 0 spiro atoms. The third kappa shape index (κ3) is 3.20. The fraction of sp³-hybridized carbons (Fsp3) is 0.0769. The summed E-state index contributed by atoms with van der Waals surface area (Å²) in [6.07, 6.45) is 1.69. The molecule has 8 heteroatoms. The number of hydrogen-bond donors (Lipinski definition) is 2. The molecule has 1 amide bonds. The van der Waals surface area contributed by atoms with Gasteiger partial charge in [-0.05, 0) is 17.7 Å². The van der Waals surface area contributed by atoms with Crippen molar-refractivity contribution in [1.82, 2.24) is 19.9 Å². The molecular formula is C13H9BrClN5O. The molecule has 0 saturated heterocycles. The number of imidazole rings is 1. The van der Waals surface area contributed by atoms with E-state index in [0.29, 0.717) is 11.2 Å². The van der Waals surface area contributed by atoms with Crippen molar-refractivity contribution < 1.29 is 4.79 Å². The molecule has 6 nitrogen and oxygen atoms in total. The van der Waals surface area contributed by atoms with E-state index in [2.05, 4.69) is 41.2 Å². The molecule has 21 heavy (non-hydrogen) atoms. The van der Waals surface area contributed by atoms with E-state index < -0.39 is 0 Å². The molecule has 2 N–H and O–H groups in total. The highest BCUT2D eigenvalue weighted by molar-refractivity contribution is 9.10. The van der Waals surface area contributed by atoms with E-state index >= 15 is 0 Å². The number of nitrogens with zero attached hydrogens (tertiary/aromatic N) is 3. The molecule has 0 aliphatic rings. The average Bonchev–Trinajstić information content (AvgIpc) is 2.87. The SMILES string of the molecule is O=C(Cc1cccc(Br)c1)Nc1nc(Cl)c2[nH]cnc2n1. The molecule has 0 aliphatic heterocycles. The van der Waals surface area contributed by atoms with Crippen molar-refractivity contribution >= 4 is 50.6 Å². The quantitative estimate of drug-likeness (QED) is 0.698. The molecule has 1 aromatic carbocycles. The summed E-state index contributed by atoms with van der Waals surface area (Å²) in [7, 11) is 0. The summed E-state index contributed by atoms with van der Waals surface area (Å²) >= 11 is 9.35. The van der Waals surface area contributed by atoms with Gasteiger partial charge in [0.25, 0.3) is 0 Å². The van der Waals surface area contributed by atoms with Crippen LogP contribution in [0, 0.1) is 0 Å². The van der Waals surface area contributed by atoms with Gasteiger partial charge < -0.3 is 4.98 Å². The maximum Gasteiger partial charge on any atom is 0.233 e. The van der Waals surface area contributed by atoms with Gasteiger partial charge in [-0.15, -0.1) is 0 Å².